The van der Waals surface area contributed by atoms with Gasteiger partial charge in [0.15, 0.2) is 0 Å². The molecule has 0 amide bonds. The van der Waals surface area contributed by atoms with Crippen LogP contribution in [0.5, 0.6) is 23.0 Å². The maximum Gasteiger partial charge on any atom is 0.573 e. The van der Waals surface area contributed by atoms with Gasteiger partial charge in [-0.2, -0.15) is 0 Å². The number of alkyl halides is 3. The van der Waals surface area contributed by atoms with Crippen LogP contribution < -0.4 is 24.7 Å². The van der Waals surface area contributed by atoms with Crippen LogP contribution in [0.1, 0.15) is 28.7 Å². The number of hydrogen-bond donors (Lipinski definition) is 1. The van der Waals surface area contributed by atoms with E-state index in [1.54, 1.807) is 12.1 Å². The summed E-state index contributed by atoms with van der Waals surface area (Å²) in [5.74, 6) is 6.79. The van der Waals surface area contributed by atoms with Gasteiger partial charge in [-0.1, -0.05) is 24.0 Å². The number of methoxy groups -OCH3 is 3. The average molecular weight is 556 g/mol. The molecule has 1 atom stereocenters. The molecule has 3 aromatic rings. The summed E-state index contributed by atoms with van der Waals surface area (Å²) in [6.45, 7) is 0.535. The van der Waals surface area contributed by atoms with Crippen LogP contribution in [0.3, 0.4) is 0 Å². The SMILES string of the molecule is COC(=O)[C@@H](N)Cc1ccc(-c2c(OC)cc(C#Cc3ccc(OC(F)(F)F)cc3)cc2OC)c2c1CCCO2. The lowest BCUT2D eigenvalue weighted by atomic mass is 9.89. The molecule has 0 saturated carbocycles. The van der Waals surface area contributed by atoms with E-state index in [9.17, 15) is 18.0 Å². The highest BCUT2D eigenvalue weighted by Gasteiger charge is 2.31. The lowest BCUT2D eigenvalue weighted by Gasteiger charge is -2.25. The number of benzene rings is 3. The van der Waals surface area contributed by atoms with E-state index < -0.39 is 18.4 Å². The fourth-order valence-corrected chi connectivity index (χ4v) is 4.52. The summed E-state index contributed by atoms with van der Waals surface area (Å²) < 4.78 is 63.5. The molecule has 0 saturated heterocycles. The third-order valence-electron chi connectivity index (χ3n) is 6.33. The third kappa shape index (κ3) is 6.61. The fraction of sp³-hybridized carbons (Fsp3) is 0.300. The van der Waals surface area contributed by atoms with Gasteiger partial charge in [0, 0.05) is 16.7 Å². The number of carbonyl (C=O) groups excluding carboxylic acids is 1. The summed E-state index contributed by atoms with van der Waals surface area (Å²) in [4.78, 5) is 11.9. The van der Waals surface area contributed by atoms with E-state index >= 15 is 0 Å². The van der Waals surface area contributed by atoms with Crippen molar-refractivity contribution in [2.45, 2.75) is 31.7 Å². The Bertz CT molecular complexity index is 1420. The van der Waals surface area contributed by atoms with E-state index in [1.807, 2.05) is 12.1 Å². The Morgan fingerprint density at radius 2 is 1.65 bits per heavy atom. The summed E-state index contributed by atoms with van der Waals surface area (Å²) >= 11 is 0. The minimum atomic E-state index is -4.76. The Labute approximate surface area is 229 Å². The first-order valence-corrected chi connectivity index (χ1v) is 12.4. The van der Waals surface area contributed by atoms with Gasteiger partial charge < -0.3 is 29.4 Å². The van der Waals surface area contributed by atoms with E-state index in [0.717, 1.165) is 29.5 Å². The maximum atomic E-state index is 12.4. The molecule has 210 valence electrons. The summed E-state index contributed by atoms with van der Waals surface area (Å²) in [5, 5.41) is 0. The molecule has 0 aliphatic carbocycles. The van der Waals surface area contributed by atoms with Crippen LogP contribution in [0, 0.1) is 11.8 Å². The molecule has 40 heavy (non-hydrogen) atoms. The van der Waals surface area contributed by atoms with Gasteiger partial charge in [-0.15, -0.1) is 13.2 Å². The van der Waals surface area contributed by atoms with Crippen molar-refractivity contribution in [2.75, 3.05) is 27.9 Å². The van der Waals surface area contributed by atoms with Crippen molar-refractivity contribution < 1.29 is 41.7 Å². The molecule has 1 aliphatic rings. The molecule has 0 fully saturated rings. The molecule has 4 rings (SSSR count). The fourth-order valence-electron chi connectivity index (χ4n) is 4.52. The average Bonchev–Trinajstić information content (AvgIpc) is 2.95. The Morgan fingerprint density at radius 3 is 2.25 bits per heavy atom. The predicted molar refractivity (Wildman–Crippen MR) is 142 cm³/mol. The molecule has 0 unspecified atom stereocenters. The van der Waals surface area contributed by atoms with Gasteiger partial charge in [0.2, 0.25) is 0 Å². The molecule has 0 radical (unpaired) electrons. The first-order chi connectivity index (χ1) is 19.1. The van der Waals surface area contributed by atoms with Gasteiger partial charge in [0.05, 0.1) is 33.5 Å². The number of halogens is 3. The van der Waals surface area contributed by atoms with Gasteiger partial charge in [0.25, 0.3) is 0 Å². The number of hydrogen-bond acceptors (Lipinski definition) is 7. The predicted octanol–water partition coefficient (Wildman–Crippen LogP) is 5.04. The zero-order chi connectivity index (χ0) is 28.9. The number of rotatable bonds is 7. The van der Waals surface area contributed by atoms with Crippen LogP contribution in [0.25, 0.3) is 11.1 Å². The minimum Gasteiger partial charge on any atom is -0.496 e. The second-order valence-corrected chi connectivity index (χ2v) is 8.94. The van der Waals surface area contributed by atoms with Crippen LogP contribution >= 0.6 is 0 Å². The molecular weight excluding hydrogens is 527 g/mol. The van der Waals surface area contributed by atoms with E-state index in [0.29, 0.717) is 47.0 Å². The summed E-state index contributed by atoms with van der Waals surface area (Å²) in [7, 11) is 4.37. The van der Waals surface area contributed by atoms with E-state index in [4.69, 9.17) is 24.7 Å². The van der Waals surface area contributed by atoms with Gasteiger partial charge in [-0.25, -0.2) is 0 Å². The molecule has 1 heterocycles. The molecule has 3 aromatic carbocycles. The molecule has 0 aromatic heterocycles. The summed E-state index contributed by atoms with van der Waals surface area (Å²) in [5.41, 5.74) is 10.4. The quantitative estimate of drug-likeness (QED) is 0.323. The monoisotopic (exact) mass is 555 g/mol. The minimum absolute atomic E-state index is 0.310. The van der Waals surface area contributed by atoms with Crippen LogP contribution in [-0.2, 0) is 22.4 Å². The number of nitrogens with two attached hydrogens (primary N) is 1. The van der Waals surface area contributed by atoms with Crippen molar-refractivity contribution in [3.8, 4) is 46.0 Å². The van der Waals surface area contributed by atoms with E-state index in [-0.39, 0.29) is 5.75 Å². The second-order valence-electron chi connectivity index (χ2n) is 8.94. The van der Waals surface area contributed by atoms with Crippen molar-refractivity contribution in [1.82, 2.24) is 0 Å². The Morgan fingerprint density at radius 1 is 1.00 bits per heavy atom. The highest BCUT2D eigenvalue weighted by molar-refractivity contribution is 5.84. The van der Waals surface area contributed by atoms with Crippen LogP contribution in [0.2, 0.25) is 0 Å². The molecule has 0 bridgehead atoms. The van der Waals surface area contributed by atoms with Crippen molar-refractivity contribution >= 4 is 5.97 Å². The highest BCUT2D eigenvalue weighted by atomic mass is 19.4. The zero-order valence-corrected chi connectivity index (χ0v) is 22.2. The lowest BCUT2D eigenvalue weighted by Crippen LogP contribution is -2.34. The van der Waals surface area contributed by atoms with Crippen LogP contribution in [-0.4, -0.2) is 46.3 Å². The largest absolute Gasteiger partial charge is 0.573 e. The Balaban J connectivity index is 1.70. The maximum absolute atomic E-state index is 12.4. The van der Waals surface area contributed by atoms with E-state index in [1.165, 1.54) is 45.6 Å². The third-order valence-corrected chi connectivity index (χ3v) is 6.33. The lowest BCUT2D eigenvalue weighted by molar-refractivity contribution is -0.274. The van der Waals surface area contributed by atoms with Crippen LogP contribution in [0.15, 0.2) is 48.5 Å². The van der Waals surface area contributed by atoms with Gasteiger partial charge in [0.1, 0.15) is 29.0 Å². The molecule has 10 heteroatoms. The molecule has 2 N–H and O–H groups in total. The zero-order valence-electron chi connectivity index (χ0n) is 22.2. The first kappa shape index (κ1) is 28.6. The van der Waals surface area contributed by atoms with Crippen molar-refractivity contribution in [1.29, 1.82) is 0 Å². The second kappa shape index (κ2) is 12.2. The topological polar surface area (TPSA) is 89.2 Å². The Hall–Kier alpha value is -4.36. The van der Waals surface area contributed by atoms with Gasteiger partial charge >= 0.3 is 12.3 Å². The number of esters is 1. The molecule has 7 nitrogen and oxygen atoms in total. The van der Waals surface area contributed by atoms with E-state index in [2.05, 4.69) is 16.6 Å². The number of ether oxygens (including phenoxy) is 5. The number of fused-ring (bicyclic) bond motifs is 1. The standard InChI is InChI=1S/C30H28F3NO6/c1-36-25-15-19(7-6-18-8-11-21(12-9-18)40-30(31,32)33)16-26(37-2)27(25)23-13-10-20(17-24(34)29(35)38-3)22-5-4-14-39-28(22)23/h8-13,15-16,24H,4-5,14,17,34H2,1-3H3/t24-/m0/s1. The highest BCUT2D eigenvalue weighted by Crippen LogP contribution is 2.47. The van der Waals surface area contributed by atoms with Gasteiger partial charge in [-0.05, 0) is 66.8 Å². The molecule has 1 aliphatic heterocycles. The van der Waals surface area contributed by atoms with Crippen molar-refractivity contribution in [2.24, 2.45) is 5.73 Å². The Kier molecular flexibility index (Phi) is 8.75. The number of carbonyl (C=O) groups is 1. The normalized spacial score (nSPS) is 13.2. The molecular formula is C30H28F3NO6. The molecule has 0 spiro atoms. The van der Waals surface area contributed by atoms with Crippen LogP contribution in [0.4, 0.5) is 13.2 Å². The van der Waals surface area contributed by atoms with Gasteiger partial charge in [-0.3, -0.25) is 4.79 Å². The summed E-state index contributed by atoms with van der Waals surface area (Å²) in [6, 6.07) is 11.8. The van der Waals surface area contributed by atoms with Crippen molar-refractivity contribution in [3.63, 3.8) is 0 Å². The smallest absolute Gasteiger partial charge is 0.496 e. The first-order valence-electron chi connectivity index (χ1n) is 12.4. The summed E-state index contributed by atoms with van der Waals surface area (Å²) in [6.07, 6.45) is -2.87. The van der Waals surface area contributed by atoms with Crippen molar-refractivity contribution in [3.05, 3.63) is 70.8 Å².